The Morgan fingerprint density at radius 3 is 2.58 bits per heavy atom. The zero-order chi connectivity index (χ0) is 18.8. The van der Waals surface area contributed by atoms with Gasteiger partial charge in [0.1, 0.15) is 0 Å². The van der Waals surface area contributed by atoms with E-state index in [1.54, 1.807) is 23.5 Å². The van der Waals surface area contributed by atoms with Gasteiger partial charge >= 0.3 is 0 Å². The fraction of sp³-hybridized carbons (Fsp3) is 0.250. The summed E-state index contributed by atoms with van der Waals surface area (Å²) < 4.78 is 0. The van der Waals surface area contributed by atoms with E-state index in [0.717, 1.165) is 9.78 Å². The molecule has 26 heavy (non-hydrogen) atoms. The third-order valence-corrected chi connectivity index (χ3v) is 5.30. The predicted molar refractivity (Wildman–Crippen MR) is 101 cm³/mol. The highest BCUT2D eigenvalue weighted by Crippen LogP contribution is 2.27. The highest BCUT2D eigenvalue weighted by molar-refractivity contribution is 7.10. The molecule has 2 aromatic rings. The molecule has 0 saturated heterocycles. The van der Waals surface area contributed by atoms with Crippen LogP contribution in [0.1, 0.15) is 55.8 Å². The van der Waals surface area contributed by atoms with E-state index in [1.165, 1.54) is 12.1 Å². The van der Waals surface area contributed by atoms with Crippen LogP contribution in [0.15, 0.2) is 48.4 Å². The van der Waals surface area contributed by atoms with E-state index >= 15 is 0 Å². The van der Waals surface area contributed by atoms with Crippen molar-refractivity contribution in [2.75, 3.05) is 6.54 Å². The maximum Gasteiger partial charge on any atom is 0.261 e. The molecular formula is C20H20N2O3S. The van der Waals surface area contributed by atoms with Crippen LogP contribution in [0.3, 0.4) is 0 Å². The average molecular weight is 368 g/mol. The molecule has 1 N–H and O–H groups in total. The molecule has 0 aliphatic carbocycles. The Hall–Kier alpha value is -2.73. The summed E-state index contributed by atoms with van der Waals surface area (Å²) in [5, 5.41) is 5.01. The van der Waals surface area contributed by atoms with Gasteiger partial charge in [0.25, 0.3) is 17.7 Å². The molecule has 0 saturated carbocycles. The first-order valence-electron chi connectivity index (χ1n) is 8.39. The van der Waals surface area contributed by atoms with Crippen LogP contribution in [-0.4, -0.2) is 29.2 Å². The van der Waals surface area contributed by atoms with E-state index in [2.05, 4.69) is 11.9 Å². The summed E-state index contributed by atoms with van der Waals surface area (Å²) in [5.74, 6) is -0.783. The molecule has 5 nitrogen and oxygen atoms in total. The van der Waals surface area contributed by atoms with Crippen LogP contribution in [0.25, 0.3) is 0 Å². The number of hydrogen-bond donors (Lipinski definition) is 1. The molecule has 0 spiro atoms. The minimum absolute atomic E-state index is 0.106. The number of nitrogens with one attached hydrogen (secondary N) is 1. The van der Waals surface area contributed by atoms with Crippen molar-refractivity contribution in [1.29, 1.82) is 0 Å². The fourth-order valence-electron chi connectivity index (χ4n) is 2.99. The Labute approximate surface area is 156 Å². The summed E-state index contributed by atoms with van der Waals surface area (Å²) in [7, 11) is 0. The van der Waals surface area contributed by atoms with Gasteiger partial charge in [-0.05, 0) is 35.6 Å². The van der Waals surface area contributed by atoms with E-state index < -0.39 is 5.91 Å². The molecule has 6 heteroatoms. The minimum atomic E-state index is -0.391. The summed E-state index contributed by atoms with van der Waals surface area (Å²) in [6.45, 7) is 7.81. The molecule has 0 radical (unpaired) electrons. The van der Waals surface area contributed by atoms with Crippen molar-refractivity contribution in [3.8, 4) is 0 Å². The molecular weight excluding hydrogens is 348 g/mol. The van der Waals surface area contributed by atoms with E-state index in [4.69, 9.17) is 0 Å². The van der Waals surface area contributed by atoms with Gasteiger partial charge in [0.15, 0.2) is 0 Å². The van der Waals surface area contributed by atoms with Gasteiger partial charge in [0, 0.05) is 17.0 Å². The van der Waals surface area contributed by atoms with Crippen LogP contribution in [0.4, 0.5) is 0 Å². The lowest BCUT2D eigenvalue weighted by atomic mass is 10.0. The highest BCUT2D eigenvalue weighted by atomic mass is 32.1. The smallest absolute Gasteiger partial charge is 0.261 e. The number of carbonyl (C=O) groups excluding carboxylic acids is 3. The quantitative estimate of drug-likeness (QED) is 0.625. The van der Waals surface area contributed by atoms with Crippen LogP contribution in [0.2, 0.25) is 0 Å². The zero-order valence-electron chi connectivity index (χ0n) is 14.7. The first-order chi connectivity index (χ1) is 12.4. The monoisotopic (exact) mass is 368 g/mol. The lowest BCUT2D eigenvalue weighted by Gasteiger charge is -2.21. The number of thiophene rings is 1. The molecule has 1 aromatic carbocycles. The fourth-order valence-corrected chi connectivity index (χ4v) is 3.94. The second-order valence-electron chi connectivity index (χ2n) is 6.48. The van der Waals surface area contributed by atoms with Crippen molar-refractivity contribution in [3.05, 3.63) is 69.9 Å². The summed E-state index contributed by atoms with van der Waals surface area (Å²) in [6, 6.07) is 8.47. The Kier molecular flexibility index (Phi) is 5.04. The molecule has 0 bridgehead atoms. The standard InChI is InChI=1S/C20H20N2O3S/c1-4-9-22-19(24)14-8-7-13(11-15(14)20(22)25)18(23)21-17(12(2)3)16-6-5-10-26-16/h4-8,10-12,17H,1,9H2,2-3H3,(H,21,23)/t17-/m1/s1. The number of rotatable bonds is 6. The van der Waals surface area contributed by atoms with Gasteiger partial charge in [-0.2, -0.15) is 0 Å². The number of carbonyl (C=O) groups is 3. The van der Waals surface area contributed by atoms with Crippen molar-refractivity contribution < 1.29 is 14.4 Å². The number of hydrogen-bond acceptors (Lipinski definition) is 4. The van der Waals surface area contributed by atoms with Gasteiger partial charge in [0.2, 0.25) is 0 Å². The Morgan fingerprint density at radius 1 is 1.23 bits per heavy atom. The molecule has 0 unspecified atom stereocenters. The SMILES string of the molecule is C=CCN1C(=O)c2ccc(C(=O)N[C@@H](c3cccs3)C(C)C)cc2C1=O. The number of amides is 3. The molecule has 3 amide bonds. The average Bonchev–Trinajstić information content (AvgIpc) is 3.23. The van der Waals surface area contributed by atoms with Crippen molar-refractivity contribution >= 4 is 29.1 Å². The number of imide groups is 1. The summed E-state index contributed by atoms with van der Waals surface area (Å²) in [6.07, 6.45) is 1.50. The first-order valence-corrected chi connectivity index (χ1v) is 9.27. The number of fused-ring (bicyclic) bond motifs is 1. The van der Waals surface area contributed by atoms with E-state index in [-0.39, 0.29) is 35.9 Å². The topological polar surface area (TPSA) is 66.5 Å². The molecule has 1 aliphatic rings. The van der Waals surface area contributed by atoms with Crippen molar-refractivity contribution in [2.24, 2.45) is 5.92 Å². The van der Waals surface area contributed by atoms with Crippen LogP contribution in [-0.2, 0) is 0 Å². The summed E-state index contributed by atoms with van der Waals surface area (Å²) in [4.78, 5) is 39.6. The van der Waals surface area contributed by atoms with Gasteiger partial charge in [-0.15, -0.1) is 17.9 Å². The highest BCUT2D eigenvalue weighted by Gasteiger charge is 2.35. The second kappa shape index (κ2) is 7.25. The molecule has 1 atom stereocenters. The molecule has 1 aromatic heterocycles. The van der Waals surface area contributed by atoms with Crippen molar-refractivity contribution in [3.63, 3.8) is 0 Å². The zero-order valence-corrected chi connectivity index (χ0v) is 15.5. The summed E-state index contributed by atoms with van der Waals surface area (Å²) in [5.41, 5.74) is 0.960. The van der Waals surface area contributed by atoms with Crippen molar-refractivity contribution in [2.45, 2.75) is 19.9 Å². The predicted octanol–water partition coefficient (Wildman–Crippen LogP) is 3.66. The molecule has 134 valence electrons. The molecule has 3 rings (SSSR count). The van der Waals surface area contributed by atoms with Gasteiger partial charge in [-0.3, -0.25) is 19.3 Å². The Morgan fingerprint density at radius 2 is 1.96 bits per heavy atom. The Bertz CT molecular complexity index is 871. The summed E-state index contributed by atoms with van der Waals surface area (Å²) >= 11 is 1.59. The van der Waals surface area contributed by atoms with Gasteiger partial charge in [0.05, 0.1) is 17.2 Å². The maximum atomic E-state index is 12.7. The van der Waals surface area contributed by atoms with E-state index in [9.17, 15) is 14.4 Å². The maximum absolute atomic E-state index is 12.7. The lowest BCUT2D eigenvalue weighted by molar-refractivity contribution is 0.0672. The van der Waals surface area contributed by atoms with Crippen LogP contribution < -0.4 is 5.32 Å². The number of benzene rings is 1. The largest absolute Gasteiger partial charge is 0.344 e. The van der Waals surface area contributed by atoms with Gasteiger partial charge in [-0.1, -0.05) is 26.0 Å². The van der Waals surface area contributed by atoms with Gasteiger partial charge < -0.3 is 5.32 Å². The second-order valence-corrected chi connectivity index (χ2v) is 7.46. The van der Waals surface area contributed by atoms with Gasteiger partial charge in [-0.25, -0.2) is 0 Å². The minimum Gasteiger partial charge on any atom is -0.344 e. The van der Waals surface area contributed by atoms with Crippen LogP contribution in [0, 0.1) is 5.92 Å². The van der Waals surface area contributed by atoms with Crippen LogP contribution in [0.5, 0.6) is 0 Å². The normalized spacial score (nSPS) is 14.5. The third kappa shape index (κ3) is 3.20. The van der Waals surface area contributed by atoms with E-state index in [1.807, 2.05) is 31.4 Å². The van der Waals surface area contributed by atoms with E-state index in [0.29, 0.717) is 11.1 Å². The third-order valence-electron chi connectivity index (χ3n) is 4.35. The van der Waals surface area contributed by atoms with Crippen LogP contribution >= 0.6 is 11.3 Å². The Balaban J connectivity index is 1.85. The molecule has 0 fully saturated rings. The lowest BCUT2D eigenvalue weighted by Crippen LogP contribution is -2.31. The molecule has 2 heterocycles. The first kappa shape index (κ1) is 18.1. The number of nitrogens with zero attached hydrogens (tertiary/aromatic N) is 1. The van der Waals surface area contributed by atoms with Crippen molar-refractivity contribution in [1.82, 2.24) is 10.2 Å². The molecule has 1 aliphatic heterocycles.